The van der Waals surface area contributed by atoms with Crippen LogP contribution in [0.15, 0.2) is 54.9 Å². The van der Waals surface area contributed by atoms with Gasteiger partial charge in [-0.25, -0.2) is 0 Å². The summed E-state index contributed by atoms with van der Waals surface area (Å²) in [4.78, 5) is 27.4. The van der Waals surface area contributed by atoms with Crippen LogP contribution in [-0.2, 0) is 4.79 Å². The number of aromatic nitrogens is 1. The molecule has 0 fully saturated rings. The highest BCUT2D eigenvalue weighted by molar-refractivity contribution is 7.80. The number of hydrogen-bond donors (Lipinski definition) is 3. The van der Waals surface area contributed by atoms with Gasteiger partial charge in [-0.05, 0) is 48.1 Å². The minimum Gasteiger partial charge on any atom is -0.497 e. The summed E-state index contributed by atoms with van der Waals surface area (Å²) in [5.41, 5.74) is 6.08. The molecule has 2 rings (SSSR count). The Labute approximate surface area is 150 Å². The third kappa shape index (κ3) is 6.04. The van der Waals surface area contributed by atoms with Crippen LogP contribution >= 0.6 is 12.2 Å². The van der Waals surface area contributed by atoms with E-state index in [2.05, 4.69) is 21.2 Å². The molecule has 0 unspecified atom stereocenters. The fourth-order valence-corrected chi connectivity index (χ4v) is 1.91. The minimum absolute atomic E-state index is 0.0215. The van der Waals surface area contributed by atoms with E-state index in [4.69, 9.17) is 17.0 Å². The predicted octanol–water partition coefficient (Wildman–Crippen LogP) is 1.44. The number of amides is 2. The summed E-state index contributed by atoms with van der Waals surface area (Å²) in [6.45, 7) is 0. The second-order valence-corrected chi connectivity index (χ2v) is 5.15. The molecule has 25 heavy (non-hydrogen) atoms. The molecule has 0 aliphatic carbocycles. The Morgan fingerprint density at radius 2 is 1.76 bits per heavy atom. The average molecular weight is 356 g/mol. The first-order valence-electron chi connectivity index (χ1n) is 7.22. The van der Waals surface area contributed by atoms with Gasteiger partial charge in [-0.2, -0.15) is 0 Å². The molecule has 1 heterocycles. The number of methoxy groups -OCH3 is 1. The number of rotatable bonds is 4. The van der Waals surface area contributed by atoms with E-state index in [-0.39, 0.29) is 5.11 Å². The van der Waals surface area contributed by atoms with Crippen LogP contribution in [0.25, 0.3) is 6.08 Å². The molecule has 1 aromatic carbocycles. The van der Waals surface area contributed by atoms with Crippen molar-refractivity contribution in [2.24, 2.45) is 0 Å². The number of benzene rings is 1. The van der Waals surface area contributed by atoms with Gasteiger partial charge in [0.25, 0.3) is 5.91 Å². The lowest BCUT2D eigenvalue weighted by molar-refractivity contribution is -0.115. The van der Waals surface area contributed by atoms with E-state index in [0.29, 0.717) is 5.56 Å². The summed E-state index contributed by atoms with van der Waals surface area (Å²) < 4.78 is 5.06. The first-order chi connectivity index (χ1) is 12.1. The quantitative estimate of drug-likeness (QED) is 0.436. The second kappa shape index (κ2) is 9.14. The van der Waals surface area contributed by atoms with Crippen molar-refractivity contribution in [1.82, 2.24) is 21.2 Å². The topological polar surface area (TPSA) is 92.4 Å². The van der Waals surface area contributed by atoms with Gasteiger partial charge in [-0.15, -0.1) is 0 Å². The Hall–Kier alpha value is -3.26. The lowest BCUT2D eigenvalue weighted by atomic mass is 10.2. The number of nitrogens with zero attached hydrogens (tertiary/aromatic N) is 1. The van der Waals surface area contributed by atoms with E-state index in [1.54, 1.807) is 37.5 Å². The number of ether oxygens (including phenoxy) is 1. The number of carbonyl (C=O) groups excluding carboxylic acids is 2. The average Bonchev–Trinajstić information content (AvgIpc) is 2.65. The number of hydrazine groups is 1. The van der Waals surface area contributed by atoms with Crippen molar-refractivity contribution in [2.75, 3.05) is 7.11 Å². The maximum absolute atomic E-state index is 11.8. The summed E-state index contributed by atoms with van der Waals surface area (Å²) in [6.07, 6.45) is 5.96. The van der Waals surface area contributed by atoms with Crippen LogP contribution in [-0.4, -0.2) is 29.0 Å². The highest BCUT2D eigenvalue weighted by Gasteiger charge is 2.06. The molecule has 0 aliphatic rings. The van der Waals surface area contributed by atoms with Gasteiger partial charge < -0.3 is 4.74 Å². The zero-order chi connectivity index (χ0) is 18.1. The number of carbonyl (C=O) groups is 2. The van der Waals surface area contributed by atoms with Crippen molar-refractivity contribution < 1.29 is 14.3 Å². The molecule has 128 valence electrons. The largest absolute Gasteiger partial charge is 0.497 e. The first kappa shape index (κ1) is 18.1. The number of hydrogen-bond acceptors (Lipinski definition) is 5. The summed E-state index contributed by atoms with van der Waals surface area (Å²) in [5, 5.41) is 2.40. The molecule has 2 aromatic rings. The van der Waals surface area contributed by atoms with Crippen molar-refractivity contribution in [2.45, 2.75) is 0 Å². The van der Waals surface area contributed by atoms with Crippen molar-refractivity contribution >= 4 is 35.2 Å². The molecule has 0 saturated carbocycles. The van der Waals surface area contributed by atoms with E-state index in [0.717, 1.165) is 11.3 Å². The molecule has 3 N–H and O–H groups in total. The Balaban J connectivity index is 1.78. The fourth-order valence-electron chi connectivity index (χ4n) is 1.76. The van der Waals surface area contributed by atoms with Crippen LogP contribution in [0.1, 0.15) is 15.9 Å². The smallest absolute Gasteiger partial charge is 0.269 e. The van der Waals surface area contributed by atoms with Crippen LogP contribution in [0.4, 0.5) is 0 Å². The van der Waals surface area contributed by atoms with Gasteiger partial charge in [0, 0.05) is 24.0 Å². The van der Waals surface area contributed by atoms with Crippen LogP contribution in [0.2, 0.25) is 0 Å². The van der Waals surface area contributed by atoms with Gasteiger partial charge >= 0.3 is 0 Å². The highest BCUT2D eigenvalue weighted by atomic mass is 32.1. The van der Waals surface area contributed by atoms with Gasteiger partial charge in [0.1, 0.15) is 5.75 Å². The molecule has 0 saturated heterocycles. The van der Waals surface area contributed by atoms with Crippen molar-refractivity contribution in [1.29, 1.82) is 0 Å². The molecule has 0 radical (unpaired) electrons. The summed E-state index contributed by atoms with van der Waals surface area (Å²) in [6, 6.07) is 10.3. The van der Waals surface area contributed by atoms with Crippen LogP contribution in [0, 0.1) is 0 Å². The molecular formula is C17H16N4O3S. The minimum atomic E-state index is -0.425. The first-order valence-corrected chi connectivity index (χ1v) is 7.63. The third-order valence-electron chi connectivity index (χ3n) is 3.01. The van der Waals surface area contributed by atoms with Gasteiger partial charge in [-0.3, -0.25) is 30.7 Å². The van der Waals surface area contributed by atoms with E-state index < -0.39 is 11.8 Å². The van der Waals surface area contributed by atoms with Crippen molar-refractivity contribution in [3.63, 3.8) is 0 Å². The molecule has 0 aliphatic heterocycles. The van der Waals surface area contributed by atoms with Gasteiger partial charge in [0.05, 0.1) is 7.11 Å². The van der Waals surface area contributed by atoms with E-state index in [9.17, 15) is 9.59 Å². The zero-order valence-electron chi connectivity index (χ0n) is 13.4. The lowest BCUT2D eigenvalue weighted by Crippen LogP contribution is -2.48. The predicted molar refractivity (Wildman–Crippen MR) is 97.6 cm³/mol. The van der Waals surface area contributed by atoms with Crippen LogP contribution in [0.3, 0.4) is 0 Å². The van der Waals surface area contributed by atoms with Gasteiger partial charge in [0.15, 0.2) is 5.11 Å². The standard InChI is InChI=1S/C17H16N4O3S/c1-24-14-5-2-12(3-6-14)4-7-15(22)19-17(25)21-20-16(23)13-8-10-18-11-9-13/h2-11H,1H3,(H,20,23)(H2,19,21,22,25). The maximum Gasteiger partial charge on any atom is 0.269 e. The lowest BCUT2D eigenvalue weighted by Gasteiger charge is -2.09. The zero-order valence-corrected chi connectivity index (χ0v) is 14.2. The fraction of sp³-hybridized carbons (Fsp3) is 0.0588. The number of pyridine rings is 1. The van der Waals surface area contributed by atoms with Crippen LogP contribution < -0.4 is 20.9 Å². The monoisotopic (exact) mass is 356 g/mol. The number of nitrogens with one attached hydrogen (secondary N) is 3. The van der Waals surface area contributed by atoms with Gasteiger partial charge in [-0.1, -0.05) is 12.1 Å². The summed E-state index contributed by atoms with van der Waals surface area (Å²) in [5.74, 6) is -0.0869. The van der Waals surface area contributed by atoms with E-state index in [1.807, 2.05) is 12.1 Å². The third-order valence-corrected chi connectivity index (χ3v) is 3.22. The Kier molecular flexibility index (Phi) is 6.61. The van der Waals surface area contributed by atoms with Crippen molar-refractivity contribution in [3.8, 4) is 5.75 Å². The SMILES string of the molecule is COc1ccc(C=CC(=O)NC(=S)NNC(=O)c2ccncc2)cc1. The maximum atomic E-state index is 11.8. The van der Waals surface area contributed by atoms with Crippen LogP contribution in [0.5, 0.6) is 5.75 Å². The molecule has 1 aromatic heterocycles. The molecule has 7 nitrogen and oxygen atoms in total. The molecule has 0 atom stereocenters. The van der Waals surface area contributed by atoms with E-state index in [1.165, 1.54) is 18.5 Å². The molecule has 0 spiro atoms. The van der Waals surface area contributed by atoms with Gasteiger partial charge in [0.2, 0.25) is 5.91 Å². The van der Waals surface area contributed by atoms with E-state index >= 15 is 0 Å². The summed E-state index contributed by atoms with van der Waals surface area (Å²) >= 11 is 4.94. The Bertz CT molecular complexity index is 776. The second-order valence-electron chi connectivity index (χ2n) is 4.74. The Morgan fingerprint density at radius 3 is 2.40 bits per heavy atom. The molecule has 0 bridgehead atoms. The molecule has 2 amide bonds. The molecular weight excluding hydrogens is 340 g/mol. The highest BCUT2D eigenvalue weighted by Crippen LogP contribution is 2.12. The Morgan fingerprint density at radius 1 is 1.08 bits per heavy atom. The molecule has 8 heteroatoms. The van der Waals surface area contributed by atoms with Crippen molar-refractivity contribution in [3.05, 3.63) is 66.0 Å². The summed E-state index contributed by atoms with van der Waals surface area (Å²) in [7, 11) is 1.58. The normalized spacial score (nSPS) is 10.1. The number of thiocarbonyl (C=S) groups is 1.